The molecule has 8 atom stereocenters. The SMILES string of the molecule is Cc1nc2ccc(C3=CCC4C56CCC7(CC(N(C)C)C(O)C(O)C7=CC5=CC(C)C34C)O6)cc2[nH]1. The second kappa shape index (κ2) is 7.19. The lowest BCUT2D eigenvalue weighted by atomic mass is 9.54. The average molecular weight is 488 g/mol. The Kier molecular flexibility index (Phi) is 4.58. The van der Waals surface area contributed by atoms with Crippen LogP contribution in [0.15, 0.2) is 47.6 Å². The highest BCUT2D eigenvalue weighted by molar-refractivity contribution is 5.83. The fourth-order valence-electron chi connectivity index (χ4n) is 8.56. The van der Waals surface area contributed by atoms with E-state index in [0.717, 1.165) is 41.7 Å². The van der Waals surface area contributed by atoms with Gasteiger partial charge in [0.15, 0.2) is 0 Å². The van der Waals surface area contributed by atoms with Gasteiger partial charge in [0.1, 0.15) is 11.9 Å². The first-order chi connectivity index (χ1) is 17.1. The van der Waals surface area contributed by atoms with Crippen LogP contribution in [0.2, 0.25) is 0 Å². The van der Waals surface area contributed by atoms with Crippen LogP contribution in [0.4, 0.5) is 0 Å². The fraction of sp³-hybridized carbons (Fsp3) is 0.567. The van der Waals surface area contributed by atoms with Crippen molar-refractivity contribution in [2.45, 2.75) is 75.9 Å². The van der Waals surface area contributed by atoms with Gasteiger partial charge >= 0.3 is 0 Å². The summed E-state index contributed by atoms with van der Waals surface area (Å²) in [5.41, 5.74) is 5.95. The van der Waals surface area contributed by atoms with E-state index in [-0.39, 0.29) is 17.1 Å². The third-order valence-electron chi connectivity index (χ3n) is 10.6. The van der Waals surface area contributed by atoms with Crippen LogP contribution in [0.5, 0.6) is 0 Å². The number of likely N-dealkylation sites (N-methyl/N-ethyl adjacent to an activating group) is 1. The zero-order valence-electron chi connectivity index (χ0n) is 21.9. The van der Waals surface area contributed by atoms with Crippen molar-refractivity contribution in [3.05, 3.63) is 59.0 Å². The van der Waals surface area contributed by atoms with E-state index < -0.39 is 17.8 Å². The van der Waals surface area contributed by atoms with Crippen molar-refractivity contribution in [3.63, 3.8) is 0 Å². The van der Waals surface area contributed by atoms with Crippen molar-refractivity contribution in [1.29, 1.82) is 0 Å². The molecule has 2 bridgehead atoms. The lowest BCUT2D eigenvalue weighted by molar-refractivity contribution is -0.165. The minimum Gasteiger partial charge on any atom is -0.388 e. The summed E-state index contributed by atoms with van der Waals surface area (Å²) < 4.78 is 7.28. The van der Waals surface area contributed by atoms with Gasteiger partial charge in [-0.2, -0.15) is 0 Å². The van der Waals surface area contributed by atoms with E-state index in [9.17, 15) is 10.2 Å². The molecule has 0 radical (unpaired) electrons. The van der Waals surface area contributed by atoms with Crippen molar-refractivity contribution in [1.82, 2.24) is 14.9 Å². The number of aromatic nitrogens is 2. The summed E-state index contributed by atoms with van der Waals surface area (Å²) in [5.74, 6) is 1.58. The van der Waals surface area contributed by atoms with Gasteiger partial charge < -0.3 is 24.8 Å². The minimum atomic E-state index is -0.895. The Morgan fingerprint density at radius 2 is 2.00 bits per heavy atom. The molecule has 3 aliphatic carbocycles. The fourth-order valence-corrected chi connectivity index (χ4v) is 8.56. The first-order valence-electron chi connectivity index (χ1n) is 13.4. The number of aliphatic hydroxyl groups is 2. The summed E-state index contributed by atoms with van der Waals surface area (Å²) in [4.78, 5) is 10.0. The molecule has 1 aromatic carbocycles. The molecule has 2 aliphatic heterocycles. The lowest BCUT2D eigenvalue weighted by Gasteiger charge is -2.57. The normalized spacial score (nSPS) is 43.1. The van der Waals surface area contributed by atoms with E-state index in [1.165, 1.54) is 16.7 Å². The van der Waals surface area contributed by atoms with Gasteiger partial charge in [0.05, 0.1) is 28.3 Å². The highest BCUT2D eigenvalue weighted by atomic mass is 16.5. The molecule has 2 fully saturated rings. The summed E-state index contributed by atoms with van der Waals surface area (Å²) in [6.07, 6.45) is 8.90. The van der Waals surface area contributed by atoms with Crippen molar-refractivity contribution < 1.29 is 14.9 Å². The Bertz CT molecular complexity index is 1370. The number of hydrogen-bond acceptors (Lipinski definition) is 5. The first kappa shape index (κ1) is 22.9. The molecule has 6 nitrogen and oxygen atoms in total. The Morgan fingerprint density at radius 1 is 1.19 bits per heavy atom. The summed E-state index contributed by atoms with van der Waals surface area (Å²) in [6, 6.07) is 6.48. The van der Waals surface area contributed by atoms with Gasteiger partial charge in [-0.25, -0.2) is 4.98 Å². The van der Waals surface area contributed by atoms with Gasteiger partial charge in [-0.1, -0.05) is 38.1 Å². The van der Waals surface area contributed by atoms with Gasteiger partial charge in [-0.05, 0) is 87.0 Å². The van der Waals surface area contributed by atoms with Crippen LogP contribution in [-0.2, 0) is 4.74 Å². The zero-order chi connectivity index (χ0) is 25.2. The Morgan fingerprint density at radius 3 is 2.78 bits per heavy atom. The molecule has 36 heavy (non-hydrogen) atoms. The number of rotatable bonds is 2. The van der Waals surface area contributed by atoms with Crippen LogP contribution in [0.3, 0.4) is 0 Å². The molecular formula is C30H37N3O3. The summed E-state index contributed by atoms with van der Waals surface area (Å²) in [7, 11) is 3.96. The van der Waals surface area contributed by atoms with Crippen molar-refractivity contribution in [2.24, 2.45) is 17.3 Å². The van der Waals surface area contributed by atoms with Crippen LogP contribution >= 0.6 is 0 Å². The Balaban J connectivity index is 1.33. The van der Waals surface area contributed by atoms with E-state index in [4.69, 9.17) is 4.74 Å². The number of imidazole rings is 1. The van der Waals surface area contributed by atoms with Gasteiger partial charge in [0.2, 0.25) is 0 Å². The summed E-state index contributed by atoms with van der Waals surface area (Å²) in [5, 5.41) is 22.1. The highest BCUT2D eigenvalue weighted by Gasteiger charge is 2.68. The molecule has 1 saturated heterocycles. The van der Waals surface area contributed by atoms with Crippen molar-refractivity contribution in [2.75, 3.05) is 14.1 Å². The molecule has 1 saturated carbocycles. The molecular weight excluding hydrogens is 450 g/mol. The molecule has 1 aromatic heterocycles. The van der Waals surface area contributed by atoms with Crippen LogP contribution < -0.4 is 0 Å². The maximum Gasteiger partial charge on any atom is 0.105 e. The third-order valence-corrected chi connectivity index (χ3v) is 10.6. The summed E-state index contributed by atoms with van der Waals surface area (Å²) in [6.45, 7) is 6.76. The second-order valence-corrected chi connectivity index (χ2v) is 12.4. The Labute approximate surface area is 212 Å². The standard InChI is InChI=1S/C30H37N3O3/c1-16-12-19-14-21-26(34)27(35)24(33(4)5)15-29(21)10-11-30(19,36-29)25-9-7-20(28(16,25)3)18-6-8-22-23(13-18)32-17(2)31-22/h6-8,12-14,16,24-27,34-35H,9-11,15H2,1-5H3,(H,31,32). The van der Waals surface area contributed by atoms with Crippen molar-refractivity contribution in [3.8, 4) is 0 Å². The lowest BCUT2D eigenvalue weighted by Crippen LogP contribution is -2.62. The molecule has 0 amide bonds. The van der Waals surface area contributed by atoms with Gasteiger partial charge in [0, 0.05) is 17.4 Å². The van der Waals surface area contributed by atoms with Crippen molar-refractivity contribution >= 4 is 16.6 Å². The highest BCUT2D eigenvalue weighted by Crippen LogP contribution is 2.69. The van der Waals surface area contributed by atoms with Crippen LogP contribution in [0.1, 0.15) is 50.9 Å². The zero-order valence-corrected chi connectivity index (χ0v) is 21.9. The molecule has 3 heterocycles. The molecule has 7 rings (SSSR count). The van der Waals surface area contributed by atoms with E-state index in [1.807, 2.05) is 25.9 Å². The number of allylic oxidation sites excluding steroid dienone is 3. The first-order valence-corrected chi connectivity index (χ1v) is 13.4. The maximum atomic E-state index is 11.2. The van der Waals surface area contributed by atoms with E-state index in [2.05, 4.69) is 60.2 Å². The quantitative estimate of drug-likeness (QED) is 0.593. The predicted molar refractivity (Wildman–Crippen MR) is 140 cm³/mol. The molecule has 2 spiro atoms. The number of nitrogens with zero attached hydrogens (tertiary/aromatic N) is 2. The largest absolute Gasteiger partial charge is 0.388 e. The number of H-pyrrole nitrogens is 1. The number of aromatic amines is 1. The maximum absolute atomic E-state index is 11.2. The van der Waals surface area contributed by atoms with Crippen LogP contribution in [0, 0.1) is 24.2 Å². The average Bonchev–Trinajstić information content (AvgIpc) is 3.49. The smallest absolute Gasteiger partial charge is 0.105 e. The van der Waals surface area contributed by atoms with Crippen LogP contribution in [-0.4, -0.2) is 68.6 Å². The van der Waals surface area contributed by atoms with Gasteiger partial charge in [0.25, 0.3) is 0 Å². The molecule has 3 N–H and O–H groups in total. The van der Waals surface area contributed by atoms with E-state index in [0.29, 0.717) is 18.3 Å². The Hall–Kier alpha value is -2.25. The topological polar surface area (TPSA) is 81.6 Å². The second-order valence-electron chi connectivity index (χ2n) is 12.4. The molecule has 2 aromatic rings. The number of nitrogens with one attached hydrogen (secondary N) is 1. The molecule has 5 aliphatic rings. The number of ether oxygens (including phenoxy) is 1. The molecule has 6 heteroatoms. The minimum absolute atomic E-state index is 0.0587. The number of aryl methyl sites for hydroxylation is 1. The molecule has 8 unspecified atom stereocenters. The number of fused-ring (bicyclic) bond motifs is 2. The van der Waals surface area contributed by atoms with Crippen LogP contribution in [0.25, 0.3) is 16.6 Å². The summed E-state index contributed by atoms with van der Waals surface area (Å²) >= 11 is 0. The number of hydrogen-bond donors (Lipinski definition) is 3. The van der Waals surface area contributed by atoms with Gasteiger partial charge in [-0.15, -0.1) is 0 Å². The number of aliphatic hydroxyl groups excluding tert-OH is 2. The van der Waals surface area contributed by atoms with E-state index >= 15 is 0 Å². The third kappa shape index (κ3) is 2.68. The van der Waals surface area contributed by atoms with Gasteiger partial charge in [-0.3, -0.25) is 0 Å². The predicted octanol–water partition coefficient (Wildman–Crippen LogP) is 4.14. The monoisotopic (exact) mass is 487 g/mol. The number of benzene rings is 1. The van der Waals surface area contributed by atoms with E-state index in [1.54, 1.807) is 0 Å². The molecule has 190 valence electrons.